The summed E-state index contributed by atoms with van der Waals surface area (Å²) < 4.78 is 11.3. The maximum atomic E-state index is 13.0. The molecule has 4 heterocycles. The van der Waals surface area contributed by atoms with Gasteiger partial charge in [0.15, 0.2) is 11.6 Å². The molecule has 2 amide bonds. The van der Waals surface area contributed by atoms with E-state index in [4.69, 9.17) is 14.6 Å². The molecule has 0 saturated carbocycles. The van der Waals surface area contributed by atoms with Crippen LogP contribution in [-0.2, 0) is 0 Å². The Hall–Kier alpha value is -3.72. The molecule has 0 aliphatic carbocycles. The maximum absolute atomic E-state index is 13.0. The lowest BCUT2D eigenvalue weighted by Crippen LogP contribution is -2.41. The van der Waals surface area contributed by atoms with Crippen molar-refractivity contribution in [2.45, 2.75) is 13.8 Å². The molecule has 32 heavy (non-hydrogen) atoms. The summed E-state index contributed by atoms with van der Waals surface area (Å²) in [5.74, 6) is 1.70. The number of anilines is 2. The lowest BCUT2D eigenvalue weighted by molar-refractivity contribution is 0.171. The fraction of sp³-hybridized carbons (Fsp3) is 0.304. The second-order valence-corrected chi connectivity index (χ2v) is 7.60. The van der Waals surface area contributed by atoms with Crippen LogP contribution in [0.1, 0.15) is 12.6 Å². The lowest BCUT2D eigenvalue weighted by Gasteiger charge is -2.28. The molecule has 1 aliphatic heterocycles. The van der Waals surface area contributed by atoms with Gasteiger partial charge in [0.05, 0.1) is 18.8 Å². The van der Waals surface area contributed by atoms with Gasteiger partial charge >= 0.3 is 6.03 Å². The highest BCUT2D eigenvalue weighted by molar-refractivity contribution is 6.01. The number of rotatable bonds is 6. The third kappa shape index (κ3) is 4.94. The van der Waals surface area contributed by atoms with Gasteiger partial charge in [0, 0.05) is 36.0 Å². The first kappa shape index (κ1) is 21.5. The number of hydrogen-bond donors (Lipinski definition) is 2. The van der Waals surface area contributed by atoms with Gasteiger partial charge in [-0.1, -0.05) is 13.0 Å². The number of aliphatic hydroxyl groups excluding tert-OH is 1. The number of aliphatic hydroxyl groups is 1. The number of aryl methyl sites for hydroxylation is 1. The zero-order chi connectivity index (χ0) is 22.5. The van der Waals surface area contributed by atoms with Crippen LogP contribution in [0.4, 0.5) is 16.4 Å². The molecule has 0 radical (unpaired) electrons. The van der Waals surface area contributed by atoms with Gasteiger partial charge in [-0.2, -0.15) is 4.98 Å². The molecule has 1 unspecified atom stereocenters. The summed E-state index contributed by atoms with van der Waals surface area (Å²) in [7, 11) is 0. The molecule has 9 nitrogen and oxygen atoms in total. The Balaban J connectivity index is 1.52. The van der Waals surface area contributed by atoms with Gasteiger partial charge in [0.1, 0.15) is 12.4 Å². The quantitative estimate of drug-likeness (QED) is 0.611. The van der Waals surface area contributed by atoms with Crippen LogP contribution in [0.2, 0.25) is 0 Å². The second kappa shape index (κ2) is 9.61. The Kier molecular flexibility index (Phi) is 6.46. The number of urea groups is 1. The van der Waals surface area contributed by atoms with Crippen molar-refractivity contribution in [1.82, 2.24) is 15.0 Å². The SMILES string of the molecule is Cc1ccc(-c2ccc3c(n2)N(C(=O)Nc2cccc(OCC(C)CO)n2)CCO3)cn1. The maximum Gasteiger partial charge on any atom is 0.328 e. The van der Waals surface area contributed by atoms with E-state index in [-0.39, 0.29) is 18.6 Å². The minimum absolute atomic E-state index is 0.0103. The van der Waals surface area contributed by atoms with Crippen LogP contribution < -0.4 is 19.7 Å². The van der Waals surface area contributed by atoms with Crippen LogP contribution in [0.15, 0.2) is 48.7 Å². The minimum atomic E-state index is -0.366. The zero-order valence-corrected chi connectivity index (χ0v) is 18.0. The molecule has 3 aromatic heterocycles. The van der Waals surface area contributed by atoms with Crippen molar-refractivity contribution in [3.8, 4) is 22.9 Å². The van der Waals surface area contributed by atoms with E-state index in [1.54, 1.807) is 24.4 Å². The Bertz CT molecular complexity index is 1090. The second-order valence-electron chi connectivity index (χ2n) is 7.60. The number of nitrogens with zero attached hydrogens (tertiary/aromatic N) is 4. The zero-order valence-electron chi connectivity index (χ0n) is 18.0. The Morgan fingerprint density at radius 2 is 2.12 bits per heavy atom. The van der Waals surface area contributed by atoms with Crippen molar-refractivity contribution in [3.05, 3.63) is 54.4 Å². The summed E-state index contributed by atoms with van der Waals surface area (Å²) in [6.07, 6.45) is 1.76. The predicted molar refractivity (Wildman–Crippen MR) is 120 cm³/mol. The smallest absolute Gasteiger partial charge is 0.328 e. The minimum Gasteiger partial charge on any atom is -0.488 e. The number of nitrogens with one attached hydrogen (secondary N) is 1. The van der Waals surface area contributed by atoms with Gasteiger partial charge in [-0.25, -0.2) is 9.78 Å². The first-order valence-electron chi connectivity index (χ1n) is 10.4. The van der Waals surface area contributed by atoms with E-state index in [9.17, 15) is 4.79 Å². The summed E-state index contributed by atoms with van der Waals surface area (Å²) in [5, 5.41) is 11.9. The fourth-order valence-electron chi connectivity index (χ4n) is 3.09. The molecule has 1 aliphatic rings. The average Bonchev–Trinajstić information content (AvgIpc) is 2.82. The normalized spacial score (nSPS) is 13.7. The number of fused-ring (bicyclic) bond motifs is 1. The van der Waals surface area contributed by atoms with Gasteiger partial charge in [0.2, 0.25) is 5.88 Å². The van der Waals surface area contributed by atoms with E-state index in [0.29, 0.717) is 48.7 Å². The van der Waals surface area contributed by atoms with Crippen molar-refractivity contribution >= 4 is 17.7 Å². The van der Waals surface area contributed by atoms with Crippen molar-refractivity contribution in [1.29, 1.82) is 0 Å². The molecule has 9 heteroatoms. The van der Waals surface area contributed by atoms with E-state index in [2.05, 4.69) is 20.3 Å². The Morgan fingerprint density at radius 1 is 1.25 bits per heavy atom. The van der Waals surface area contributed by atoms with Crippen LogP contribution in [0.5, 0.6) is 11.6 Å². The van der Waals surface area contributed by atoms with Gasteiger partial charge in [-0.15, -0.1) is 0 Å². The molecule has 4 rings (SSSR count). The number of carbonyl (C=O) groups excluding carboxylic acids is 1. The number of pyridine rings is 3. The number of carbonyl (C=O) groups is 1. The molecule has 0 fully saturated rings. The number of ether oxygens (including phenoxy) is 2. The highest BCUT2D eigenvalue weighted by Crippen LogP contribution is 2.32. The summed E-state index contributed by atoms with van der Waals surface area (Å²) in [6.45, 7) is 4.87. The third-order valence-electron chi connectivity index (χ3n) is 4.91. The van der Waals surface area contributed by atoms with Crippen LogP contribution >= 0.6 is 0 Å². The largest absolute Gasteiger partial charge is 0.488 e. The first-order valence-corrected chi connectivity index (χ1v) is 10.4. The number of hydrogen-bond acceptors (Lipinski definition) is 7. The standard InChI is InChI=1S/C23H25N5O4/c1-15(13-29)14-32-21-5-3-4-20(26-21)27-23(30)28-10-11-31-19-9-8-18(25-22(19)28)17-7-6-16(2)24-12-17/h3-9,12,15,29H,10-11,13-14H2,1-2H3,(H,26,27,30). The highest BCUT2D eigenvalue weighted by Gasteiger charge is 2.26. The van der Waals surface area contributed by atoms with E-state index >= 15 is 0 Å². The molecule has 0 spiro atoms. The van der Waals surface area contributed by atoms with Crippen LogP contribution in [0.3, 0.4) is 0 Å². The molecule has 2 N–H and O–H groups in total. The number of aromatic nitrogens is 3. The molecular weight excluding hydrogens is 410 g/mol. The van der Waals surface area contributed by atoms with E-state index < -0.39 is 0 Å². The molecule has 0 bridgehead atoms. The number of amides is 2. The highest BCUT2D eigenvalue weighted by atomic mass is 16.5. The lowest BCUT2D eigenvalue weighted by atomic mass is 10.1. The topological polar surface area (TPSA) is 110 Å². The Labute approximate surface area is 186 Å². The van der Waals surface area contributed by atoms with Crippen molar-refractivity contribution in [3.63, 3.8) is 0 Å². The first-order chi connectivity index (χ1) is 15.5. The van der Waals surface area contributed by atoms with Gasteiger partial charge in [-0.05, 0) is 37.3 Å². The van der Waals surface area contributed by atoms with E-state index in [1.807, 2.05) is 38.1 Å². The molecule has 1 atom stereocenters. The summed E-state index contributed by atoms with van der Waals surface area (Å²) in [6, 6.07) is 12.3. The van der Waals surface area contributed by atoms with E-state index in [0.717, 1.165) is 11.3 Å². The van der Waals surface area contributed by atoms with Gasteiger partial charge < -0.3 is 14.6 Å². The van der Waals surface area contributed by atoms with Crippen LogP contribution in [0.25, 0.3) is 11.3 Å². The molecule has 0 aromatic carbocycles. The third-order valence-corrected chi connectivity index (χ3v) is 4.91. The molecule has 3 aromatic rings. The Morgan fingerprint density at radius 3 is 2.91 bits per heavy atom. The fourth-order valence-corrected chi connectivity index (χ4v) is 3.09. The summed E-state index contributed by atoms with van der Waals surface area (Å²) in [4.78, 5) is 27.9. The van der Waals surface area contributed by atoms with E-state index in [1.165, 1.54) is 4.90 Å². The molecular formula is C23H25N5O4. The van der Waals surface area contributed by atoms with Crippen molar-refractivity contribution in [2.75, 3.05) is 36.6 Å². The summed E-state index contributed by atoms with van der Waals surface area (Å²) >= 11 is 0. The van der Waals surface area contributed by atoms with Crippen LogP contribution in [-0.4, -0.2) is 52.5 Å². The van der Waals surface area contributed by atoms with Crippen LogP contribution in [0, 0.1) is 12.8 Å². The van der Waals surface area contributed by atoms with Gasteiger partial charge in [-0.3, -0.25) is 15.2 Å². The average molecular weight is 435 g/mol. The molecule has 0 saturated heterocycles. The van der Waals surface area contributed by atoms with Crippen molar-refractivity contribution in [2.24, 2.45) is 5.92 Å². The monoisotopic (exact) mass is 435 g/mol. The predicted octanol–water partition coefficient (Wildman–Crippen LogP) is 3.29. The van der Waals surface area contributed by atoms with Crippen molar-refractivity contribution < 1.29 is 19.4 Å². The summed E-state index contributed by atoms with van der Waals surface area (Å²) in [5.41, 5.74) is 2.47. The molecule has 166 valence electrons. The van der Waals surface area contributed by atoms with Gasteiger partial charge in [0.25, 0.3) is 0 Å².